The molecule has 0 spiro atoms. The molecule has 0 unspecified atom stereocenters. The normalized spacial score (nSPS) is 16.1. The van der Waals surface area contributed by atoms with Crippen molar-refractivity contribution in [3.05, 3.63) is 41.8 Å². The van der Waals surface area contributed by atoms with Crippen molar-refractivity contribution in [1.29, 1.82) is 0 Å². The highest BCUT2D eigenvalue weighted by molar-refractivity contribution is 7.13. The van der Waals surface area contributed by atoms with Crippen LogP contribution in [0.5, 0.6) is 0 Å². The first kappa shape index (κ1) is 17.4. The largest absolute Gasteiger partial charge is 0.379 e. The van der Waals surface area contributed by atoms with Crippen LogP contribution in [0.1, 0.15) is 13.8 Å². The Hall–Kier alpha value is -2.02. The van der Waals surface area contributed by atoms with Crippen molar-refractivity contribution in [2.24, 2.45) is 0 Å². The predicted molar refractivity (Wildman–Crippen MR) is 108 cm³/mol. The van der Waals surface area contributed by atoms with Gasteiger partial charge in [-0.15, -0.1) is 11.3 Å². The molecule has 1 fully saturated rings. The third-order valence-electron chi connectivity index (χ3n) is 4.90. The van der Waals surface area contributed by atoms with E-state index in [4.69, 9.17) is 14.7 Å². The van der Waals surface area contributed by atoms with Crippen molar-refractivity contribution in [3.8, 4) is 10.7 Å². The summed E-state index contributed by atoms with van der Waals surface area (Å²) in [6.45, 7) is 8.92. The number of fused-ring (bicyclic) bond motifs is 1. The number of thiophene rings is 1. The number of nitrogens with one attached hydrogen (secondary N) is 1. The maximum Gasteiger partial charge on any atom is 0.172 e. The van der Waals surface area contributed by atoms with Crippen molar-refractivity contribution < 1.29 is 4.74 Å². The van der Waals surface area contributed by atoms with Crippen LogP contribution >= 0.6 is 11.3 Å². The monoisotopic (exact) mass is 368 g/mol. The van der Waals surface area contributed by atoms with E-state index in [1.165, 1.54) is 0 Å². The third-order valence-corrected chi connectivity index (χ3v) is 5.77. The van der Waals surface area contributed by atoms with E-state index in [2.05, 4.69) is 41.6 Å². The summed E-state index contributed by atoms with van der Waals surface area (Å²) in [5.41, 5.74) is 0.997. The lowest BCUT2D eigenvalue weighted by atomic mass is 10.0. The van der Waals surface area contributed by atoms with Gasteiger partial charge in [0.25, 0.3) is 0 Å². The summed E-state index contributed by atoms with van der Waals surface area (Å²) in [7, 11) is 0. The van der Waals surface area contributed by atoms with E-state index in [0.717, 1.165) is 60.3 Å². The number of anilines is 1. The van der Waals surface area contributed by atoms with Gasteiger partial charge in [-0.25, -0.2) is 9.97 Å². The highest BCUT2D eigenvalue weighted by atomic mass is 32.1. The number of hydrogen-bond donors (Lipinski definition) is 1. The standard InChI is InChI=1S/C20H24N4OS/c1-20(2,24-9-11-25-12-10-24)14-21-18-15-6-3-4-7-16(15)22-19(23-18)17-8-5-13-26-17/h3-8,13H,9-12,14H2,1-2H3,(H,21,22,23). The second-order valence-corrected chi connectivity index (χ2v) is 8.10. The van der Waals surface area contributed by atoms with Crippen LogP contribution in [0, 0.1) is 0 Å². The highest BCUT2D eigenvalue weighted by Gasteiger charge is 2.28. The molecule has 0 aliphatic carbocycles. The van der Waals surface area contributed by atoms with E-state index >= 15 is 0 Å². The highest BCUT2D eigenvalue weighted by Crippen LogP contribution is 2.28. The number of hydrogen-bond acceptors (Lipinski definition) is 6. The Kier molecular flexibility index (Phi) is 4.89. The summed E-state index contributed by atoms with van der Waals surface area (Å²) in [5.74, 6) is 1.69. The summed E-state index contributed by atoms with van der Waals surface area (Å²) in [4.78, 5) is 13.1. The van der Waals surface area contributed by atoms with Crippen LogP contribution in [0.4, 0.5) is 5.82 Å². The Morgan fingerprint density at radius 2 is 1.92 bits per heavy atom. The Morgan fingerprint density at radius 3 is 2.69 bits per heavy atom. The molecule has 0 bridgehead atoms. The molecule has 1 aliphatic rings. The van der Waals surface area contributed by atoms with Gasteiger partial charge in [-0.2, -0.15) is 0 Å². The van der Waals surface area contributed by atoms with E-state index in [-0.39, 0.29) is 5.54 Å². The molecule has 3 heterocycles. The zero-order valence-electron chi connectivity index (χ0n) is 15.2. The quantitative estimate of drug-likeness (QED) is 0.741. The number of nitrogens with zero attached hydrogens (tertiary/aromatic N) is 3. The molecule has 5 nitrogen and oxygen atoms in total. The van der Waals surface area contributed by atoms with E-state index in [0.29, 0.717) is 0 Å². The molecule has 0 atom stereocenters. The van der Waals surface area contributed by atoms with Crippen LogP contribution in [-0.4, -0.2) is 53.3 Å². The zero-order chi connectivity index (χ0) is 18.0. The fraction of sp³-hybridized carbons (Fsp3) is 0.400. The molecule has 0 radical (unpaired) electrons. The van der Waals surface area contributed by atoms with Crippen molar-refractivity contribution >= 4 is 28.1 Å². The molecule has 136 valence electrons. The second-order valence-electron chi connectivity index (χ2n) is 7.16. The average molecular weight is 369 g/mol. The number of para-hydroxylation sites is 1. The van der Waals surface area contributed by atoms with Gasteiger partial charge in [-0.3, -0.25) is 4.90 Å². The SMILES string of the molecule is CC(C)(CNc1nc(-c2cccs2)nc2ccccc12)N1CCOCC1. The van der Waals surface area contributed by atoms with E-state index in [9.17, 15) is 0 Å². The van der Waals surface area contributed by atoms with Crippen LogP contribution in [0.3, 0.4) is 0 Å². The van der Waals surface area contributed by atoms with Gasteiger partial charge in [-0.1, -0.05) is 18.2 Å². The Bertz CT molecular complexity index is 873. The number of rotatable bonds is 5. The molecule has 1 N–H and O–H groups in total. The molecule has 1 aliphatic heterocycles. The fourth-order valence-electron chi connectivity index (χ4n) is 3.31. The van der Waals surface area contributed by atoms with Gasteiger partial charge >= 0.3 is 0 Å². The lowest BCUT2D eigenvalue weighted by Gasteiger charge is -2.41. The van der Waals surface area contributed by atoms with Crippen LogP contribution in [-0.2, 0) is 4.74 Å². The minimum Gasteiger partial charge on any atom is -0.379 e. The van der Waals surface area contributed by atoms with Gasteiger partial charge in [0.05, 0.1) is 23.6 Å². The van der Waals surface area contributed by atoms with Crippen molar-refractivity contribution in [3.63, 3.8) is 0 Å². The van der Waals surface area contributed by atoms with E-state index in [1.807, 2.05) is 24.3 Å². The first-order chi connectivity index (χ1) is 12.6. The molecule has 26 heavy (non-hydrogen) atoms. The molecule has 0 saturated carbocycles. The maximum absolute atomic E-state index is 5.49. The summed E-state index contributed by atoms with van der Waals surface area (Å²) in [5, 5.41) is 6.72. The lowest BCUT2D eigenvalue weighted by Crippen LogP contribution is -2.53. The summed E-state index contributed by atoms with van der Waals surface area (Å²) in [6.07, 6.45) is 0. The summed E-state index contributed by atoms with van der Waals surface area (Å²) < 4.78 is 5.49. The predicted octanol–water partition coefficient (Wildman–Crippen LogP) is 3.88. The molecule has 3 aromatic rings. The zero-order valence-corrected chi connectivity index (χ0v) is 16.1. The van der Waals surface area contributed by atoms with Crippen LogP contribution in [0.15, 0.2) is 41.8 Å². The minimum atomic E-state index is 0.0267. The number of aromatic nitrogens is 2. The van der Waals surface area contributed by atoms with E-state index < -0.39 is 0 Å². The van der Waals surface area contributed by atoms with Crippen molar-refractivity contribution in [1.82, 2.24) is 14.9 Å². The summed E-state index contributed by atoms with van der Waals surface area (Å²) in [6, 6.07) is 12.3. The molecule has 6 heteroatoms. The molecule has 4 rings (SSSR count). The molecule has 0 amide bonds. The van der Waals surface area contributed by atoms with Crippen LogP contribution < -0.4 is 5.32 Å². The van der Waals surface area contributed by atoms with Crippen LogP contribution in [0.25, 0.3) is 21.6 Å². The maximum atomic E-state index is 5.49. The van der Waals surface area contributed by atoms with Crippen LogP contribution in [0.2, 0.25) is 0 Å². The van der Waals surface area contributed by atoms with Crippen molar-refractivity contribution in [2.45, 2.75) is 19.4 Å². The topological polar surface area (TPSA) is 50.3 Å². The Morgan fingerprint density at radius 1 is 1.12 bits per heavy atom. The van der Waals surface area contributed by atoms with Crippen molar-refractivity contribution in [2.75, 3.05) is 38.2 Å². The van der Waals surface area contributed by atoms with Gasteiger partial charge in [0.2, 0.25) is 0 Å². The third kappa shape index (κ3) is 3.58. The fourth-order valence-corrected chi connectivity index (χ4v) is 3.97. The van der Waals surface area contributed by atoms with Gasteiger partial charge in [0, 0.05) is 30.6 Å². The average Bonchev–Trinajstić information content (AvgIpc) is 3.21. The number of ether oxygens (including phenoxy) is 1. The summed E-state index contributed by atoms with van der Waals surface area (Å²) >= 11 is 1.66. The smallest absolute Gasteiger partial charge is 0.172 e. The number of benzene rings is 1. The van der Waals surface area contributed by atoms with E-state index in [1.54, 1.807) is 11.3 Å². The molecule has 1 saturated heterocycles. The first-order valence-electron chi connectivity index (χ1n) is 9.01. The minimum absolute atomic E-state index is 0.0267. The van der Waals surface area contributed by atoms with Gasteiger partial charge in [0.15, 0.2) is 5.82 Å². The molecular formula is C20H24N4OS. The lowest BCUT2D eigenvalue weighted by molar-refractivity contribution is -0.00569. The van der Waals surface area contributed by atoms with Gasteiger partial charge in [-0.05, 0) is 37.4 Å². The molecule has 1 aromatic carbocycles. The Labute approximate surface area is 158 Å². The Balaban J connectivity index is 1.62. The number of morpholine rings is 1. The van der Waals surface area contributed by atoms with Gasteiger partial charge < -0.3 is 10.1 Å². The first-order valence-corrected chi connectivity index (χ1v) is 9.89. The molecular weight excluding hydrogens is 344 g/mol. The second kappa shape index (κ2) is 7.31. The van der Waals surface area contributed by atoms with Gasteiger partial charge in [0.1, 0.15) is 5.82 Å². The molecule has 2 aromatic heterocycles.